The van der Waals surface area contributed by atoms with Crippen LogP contribution in [-0.4, -0.2) is 29.9 Å². The van der Waals surface area contributed by atoms with E-state index in [0.29, 0.717) is 23.5 Å². The van der Waals surface area contributed by atoms with Crippen molar-refractivity contribution in [2.75, 3.05) is 18.5 Å². The second-order valence-corrected chi connectivity index (χ2v) is 3.85. The number of anilines is 1. The van der Waals surface area contributed by atoms with E-state index in [2.05, 4.69) is 20.6 Å². The number of terminal acetylenes is 1. The number of hydrogen-bond acceptors (Lipinski definition) is 3. The van der Waals surface area contributed by atoms with Crippen LogP contribution in [0.15, 0.2) is 18.2 Å². The maximum Gasteiger partial charge on any atom is 0.573 e. The molecule has 2 aromatic rings. The van der Waals surface area contributed by atoms with Gasteiger partial charge in [-0.15, -0.1) is 19.6 Å². The number of ether oxygens (including phenoxy) is 1. The lowest BCUT2D eigenvalue weighted by atomic mass is 10.3. The maximum absolute atomic E-state index is 12.1. The van der Waals surface area contributed by atoms with Crippen molar-refractivity contribution in [1.82, 2.24) is 9.97 Å². The minimum absolute atomic E-state index is 0.296. The molecular weight excluding hydrogens is 259 g/mol. The van der Waals surface area contributed by atoms with Gasteiger partial charge in [0.1, 0.15) is 5.75 Å². The van der Waals surface area contributed by atoms with Crippen molar-refractivity contribution < 1.29 is 17.9 Å². The van der Waals surface area contributed by atoms with Crippen LogP contribution in [-0.2, 0) is 0 Å². The average molecular weight is 269 g/mol. The Hall–Kier alpha value is -2.36. The number of nitrogens with one attached hydrogen (secondary N) is 1. The van der Waals surface area contributed by atoms with Crippen LogP contribution < -0.4 is 9.64 Å². The number of alkyl halides is 3. The van der Waals surface area contributed by atoms with Crippen LogP contribution in [0.4, 0.5) is 19.1 Å². The third-order valence-corrected chi connectivity index (χ3v) is 2.36. The molecule has 0 radical (unpaired) electrons. The highest BCUT2D eigenvalue weighted by atomic mass is 19.4. The molecule has 0 saturated carbocycles. The zero-order valence-electron chi connectivity index (χ0n) is 9.95. The molecule has 4 nitrogen and oxygen atoms in total. The van der Waals surface area contributed by atoms with E-state index in [0.717, 1.165) is 0 Å². The lowest BCUT2D eigenvalue weighted by molar-refractivity contribution is -0.274. The molecule has 0 fully saturated rings. The first kappa shape index (κ1) is 13.1. The van der Waals surface area contributed by atoms with Crippen molar-refractivity contribution in [3.05, 3.63) is 18.2 Å². The quantitative estimate of drug-likeness (QED) is 0.870. The molecular formula is C12H10F3N3O. The molecule has 1 N–H and O–H groups in total. The summed E-state index contributed by atoms with van der Waals surface area (Å²) in [6, 6.07) is 3.89. The molecule has 19 heavy (non-hydrogen) atoms. The van der Waals surface area contributed by atoms with Gasteiger partial charge in [-0.25, -0.2) is 4.98 Å². The number of benzene rings is 1. The molecule has 1 aromatic carbocycles. The van der Waals surface area contributed by atoms with Crippen LogP contribution in [0.1, 0.15) is 0 Å². The molecule has 0 aliphatic heterocycles. The first-order valence-electron chi connectivity index (χ1n) is 5.29. The second kappa shape index (κ2) is 4.72. The highest BCUT2D eigenvalue weighted by Gasteiger charge is 2.31. The van der Waals surface area contributed by atoms with Gasteiger partial charge in [0.2, 0.25) is 5.95 Å². The lowest BCUT2D eigenvalue weighted by Crippen LogP contribution is -2.18. The summed E-state index contributed by atoms with van der Waals surface area (Å²) in [4.78, 5) is 8.76. The minimum Gasteiger partial charge on any atom is -0.406 e. The van der Waals surface area contributed by atoms with Crippen LogP contribution in [0.5, 0.6) is 5.75 Å². The number of halogens is 3. The fourth-order valence-electron chi connectivity index (χ4n) is 1.56. The molecule has 0 aliphatic carbocycles. The Labute approximate surface area is 107 Å². The fourth-order valence-corrected chi connectivity index (χ4v) is 1.56. The zero-order valence-corrected chi connectivity index (χ0v) is 9.95. The number of fused-ring (bicyclic) bond motifs is 1. The monoisotopic (exact) mass is 269 g/mol. The van der Waals surface area contributed by atoms with Crippen LogP contribution in [0.25, 0.3) is 11.0 Å². The highest BCUT2D eigenvalue weighted by Crippen LogP contribution is 2.26. The van der Waals surface area contributed by atoms with Gasteiger partial charge in [-0.1, -0.05) is 5.92 Å². The SMILES string of the molecule is C#CCN(C)c1nc2ccc(OC(F)(F)F)cc2[nH]1. The Morgan fingerprint density at radius 3 is 2.84 bits per heavy atom. The van der Waals surface area contributed by atoms with Gasteiger partial charge >= 0.3 is 6.36 Å². The summed E-state index contributed by atoms with van der Waals surface area (Å²) in [7, 11) is 1.73. The van der Waals surface area contributed by atoms with E-state index < -0.39 is 6.36 Å². The normalized spacial score (nSPS) is 11.3. The van der Waals surface area contributed by atoms with Gasteiger partial charge in [0.05, 0.1) is 17.6 Å². The van der Waals surface area contributed by atoms with Crippen molar-refractivity contribution in [2.45, 2.75) is 6.36 Å². The third-order valence-electron chi connectivity index (χ3n) is 2.36. The average Bonchev–Trinajstić information content (AvgIpc) is 2.70. The van der Waals surface area contributed by atoms with Crippen molar-refractivity contribution in [3.63, 3.8) is 0 Å². The lowest BCUT2D eigenvalue weighted by Gasteiger charge is -2.10. The number of hydrogen-bond donors (Lipinski definition) is 1. The first-order chi connectivity index (χ1) is 8.89. The van der Waals surface area contributed by atoms with E-state index in [1.807, 2.05) is 0 Å². The third kappa shape index (κ3) is 3.10. The second-order valence-electron chi connectivity index (χ2n) is 3.85. The molecule has 2 rings (SSSR count). The van der Waals surface area contributed by atoms with E-state index in [1.54, 1.807) is 11.9 Å². The van der Waals surface area contributed by atoms with E-state index in [4.69, 9.17) is 6.42 Å². The Kier molecular flexibility index (Phi) is 3.25. The van der Waals surface area contributed by atoms with Crippen molar-refractivity contribution in [2.24, 2.45) is 0 Å². The van der Waals surface area contributed by atoms with Crippen molar-refractivity contribution >= 4 is 17.0 Å². The Morgan fingerprint density at radius 1 is 1.47 bits per heavy atom. The largest absolute Gasteiger partial charge is 0.573 e. The zero-order chi connectivity index (χ0) is 14.0. The number of aromatic nitrogens is 2. The van der Waals surface area contributed by atoms with E-state index in [-0.39, 0.29) is 5.75 Å². The van der Waals surface area contributed by atoms with Gasteiger partial charge in [-0.2, -0.15) is 0 Å². The minimum atomic E-state index is -4.71. The van der Waals surface area contributed by atoms with Gasteiger partial charge in [0.15, 0.2) is 0 Å². The molecule has 1 aromatic heterocycles. The van der Waals surface area contributed by atoms with Gasteiger partial charge in [0.25, 0.3) is 0 Å². The Bertz CT molecular complexity index is 627. The Balaban J connectivity index is 2.31. The van der Waals surface area contributed by atoms with Gasteiger partial charge in [0, 0.05) is 13.1 Å². The number of H-pyrrole nitrogens is 1. The summed E-state index contributed by atoms with van der Waals surface area (Å²) in [5.74, 6) is 2.63. The fraction of sp³-hybridized carbons (Fsp3) is 0.250. The number of rotatable bonds is 3. The van der Waals surface area contributed by atoms with Gasteiger partial charge < -0.3 is 14.6 Å². The van der Waals surface area contributed by atoms with Crippen molar-refractivity contribution in [3.8, 4) is 18.1 Å². The number of aromatic amines is 1. The molecule has 0 saturated heterocycles. The maximum atomic E-state index is 12.1. The summed E-state index contributed by atoms with van der Waals surface area (Å²) in [5, 5.41) is 0. The molecule has 0 amide bonds. The molecule has 0 atom stereocenters. The highest BCUT2D eigenvalue weighted by molar-refractivity contribution is 5.79. The van der Waals surface area contributed by atoms with Crippen LogP contribution >= 0.6 is 0 Å². The smallest absolute Gasteiger partial charge is 0.406 e. The van der Waals surface area contributed by atoms with E-state index >= 15 is 0 Å². The standard InChI is InChI=1S/C12H10F3N3O/c1-3-6-18(2)11-16-9-5-4-8(7-10(9)17-11)19-12(13,14)15/h1,4-5,7H,6H2,2H3,(H,16,17). The first-order valence-corrected chi connectivity index (χ1v) is 5.29. The molecule has 0 aliphatic rings. The van der Waals surface area contributed by atoms with Crippen LogP contribution in [0.2, 0.25) is 0 Å². The molecule has 0 bridgehead atoms. The summed E-state index contributed by atoms with van der Waals surface area (Å²) in [6.07, 6.45) is 0.465. The van der Waals surface area contributed by atoms with Crippen LogP contribution in [0.3, 0.4) is 0 Å². The predicted molar refractivity (Wildman–Crippen MR) is 64.9 cm³/mol. The number of imidazole rings is 1. The number of nitrogens with zero attached hydrogens (tertiary/aromatic N) is 2. The van der Waals surface area contributed by atoms with Gasteiger partial charge in [-0.05, 0) is 12.1 Å². The summed E-state index contributed by atoms with van der Waals surface area (Å²) in [5.41, 5.74) is 0.981. The molecule has 7 heteroatoms. The Morgan fingerprint density at radius 2 is 2.21 bits per heavy atom. The molecule has 0 unspecified atom stereocenters. The van der Waals surface area contributed by atoms with Crippen molar-refractivity contribution in [1.29, 1.82) is 0 Å². The molecule has 1 heterocycles. The summed E-state index contributed by atoms with van der Waals surface area (Å²) >= 11 is 0. The predicted octanol–water partition coefficient (Wildman–Crippen LogP) is 2.53. The topological polar surface area (TPSA) is 41.2 Å². The molecule has 100 valence electrons. The summed E-state index contributed by atoms with van der Waals surface area (Å²) < 4.78 is 40.1. The summed E-state index contributed by atoms with van der Waals surface area (Å²) in [6.45, 7) is 0.339. The van der Waals surface area contributed by atoms with Gasteiger partial charge in [-0.3, -0.25) is 0 Å². The van der Waals surface area contributed by atoms with Crippen LogP contribution in [0, 0.1) is 12.3 Å². The van der Waals surface area contributed by atoms with E-state index in [1.165, 1.54) is 18.2 Å². The molecule has 0 spiro atoms. The van der Waals surface area contributed by atoms with E-state index in [9.17, 15) is 13.2 Å².